The van der Waals surface area contributed by atoms with Gasteiger partial charge in [0, 0.05) is 5.75 Å². The van der Waals surface area contributed by atoms with Crippen molar-refractivity contribution in [3.8, 4) is 11.1 Å². The average molecular weight is 335 g/mol. The summed E-state index contributed by atoms with van der Waals surface area (Å²) in [4.78, 5) is 10.1. The van der Waals surface area contributed by atoms with Crippen LogP contribution in [0, 0.1) is 5.82 Å². The number of hydrogen-bond acceptors (Lipinski definition) is 3. The Labute approximate surface area is 142 Å². The minimum Gasteiger partial charge on any atom is -0.480 e. The van der Waals surface area contributed by atoms with Crippen LogP contribution in [0.15, 0.2) is 48.5 Å². The van der Waals surface area contributed by atoms with Gasteiger partial charge in [0.15, 0.2) is 0 Å². The third-order valence-corrected chi connectivity index (χ3v) is 3.73. The van der Waals surface area contributed by atoms with Gasteiger partial charge in [-0.3, -0.25) is 4.79 Å². The van der Waals surface area contributed by atoms with Crippen molar-refractivity contribution in [1.29, 1.82) is 0 Å². The number of thiol groups is 1. The predicted octanol–water partition coefficient (Wildman–Crippen LogP) is 3.64. The van der Waals surface area contributed by atoms with E-state index in [-0.39, 0.29) is 5.82 Å². The maximum Gasteiger partial charge on any atom is 0.321 e. The predicted molar refractivity (Wildman–Crippen MR) is 95.6 cm³/mol. The van der Waals surface area contributed by atoms with Gasteiger partial charge in [-0.25, -0.2) is 4.39 Å². The summed E-state index contributed by atoms with van der Waals surface area (Å²) in [6.45, 7) is 2.13. The average Bonchev–Trinajstić information content (AvgIpc) is 2.57. The quantitative estimate of drug-likeness (QED) is 0.731. The smallest absolute Gasteiger partial charge is 0.321 e. The van der Waals surface area contributed by atoms with Gasteiger partial charge in [0.25, 0.3) is 0 Å². The van der Waals surface area contributed by atoms with Crippen molar-refractivity contribution in [2.45, 2.75) is 19.4 Å². The van der Waals surface area contributed by atoms with Crippen molar-refractivity contribution < 1.29 is 14.3 Å². The van der Waals surface area contributed by atoms with Crippen molar-refractivity contribution in [3.05, 3.63) is 59.9 Å². The Morgan fingerprint density at radius 1 is 1.13 bits per heavy atom. The number of benzene rings is 2. The first-order valence-electron chi connectivity index (χ1n) is 7.37. The van der Waals surface area contributed by atoms with Crippen LogP contribution >= 0.6 is 12.6 Å². The van der Waals surface area contributed by atoms with Crippen molar-refractivity contribution in [2.24, 2.45) is 0 Å². The fraction of sp³-hybridized carbons (Fsp3) is 0.278. The lowest BCUT2D eigenvalue weighted by molar-refractivity contribution is -0.138. The molecule has 2 N–H and O–H groups in total. The van der Waals surface area contributed by atoms with E-state index in [0.29, 0.717) is 5.75 Å². The Bertz CT molecular complexity index is 595. The molecule has 1 atom stereocenters. The van der Waals surface area contributed by atoms with Crippen LogP contribution in [0.3, 0.4) is 0 Å². The number of aryl methyl sites for hydroxylation is 1. The molecule has 3 nitrogen and oxygen atoms in total. The maximum atomic E-state index is 12.7. The second-order valence-corrected chi connectivity index (χ2v) is 5.28. The number of likely N-dealkylation sites (N-methyl/N-ethyl adjacent to an activating group) is 1. The lowest BCUT2D eigenvalue weighted by atomic mass is 10.0. The van der Waals surface area contributed by atoms with Gasteiger partial charge in [-0.15, -0.1) is 0 Å². The van der Waals surface area contributed by atoms with Crippen molar-refractivity contribution >= 4 is 18.6 Å². The first kappa shape index (κ1) is 19.2. The molecule has 0 unspecified atom stereocenters. The molecule has 0 aliphatic carbocycles. The summed E-state index contributed by atoms with van der Waals surface area (Å²) in [7, 11) is 1.59. The Morgan fingerprint density at radius 3 is 1.91 bits per heavy atom. The molecule has 0 aliphatic rings. The molecule has 5 heteroatoms. The molecule has 0 aromatic heterocycles. The summed E-state index contributed by atoms with van der Waals surface area (Å²) < 4.78 is 12.7. The fourth-order valence-electron chi connectivity index (χ4n) is 1.87. The number of halogens is 1. The van der Waals surface area contributed by atoms with E-state index < -0.39 is 12.0 Å². The van der Waals surface area contributed by atoms with Crippen molar-refractivity contribution in [1.82, 2.24) is 5.32 Å². The number of hydrogen-bond donors (Lipinski definition) is 3. The van der Waals surface area contributed by atoms with Crippen LogP contribution in [0.1, 0.15) is 12.5 Å². The molecule has 2 aromatic carbocycles. The minimum atomic E-state index is -0.859. The van der Waals surface area contributed by atoms with Crippen LogP contribution < -0.4 is 5.32 Å². The molecule has 124 valence electrons. The molecule has 0 radical (unpaired) electrons. The Hall–Kier alpha value is -1.85. The largest absolute Gasteiger partial charge is 0.480 e. The van der Waals surface area contributed by atoms with Gasteiger partial charge in [0.1, 0.15) is 11.9 Å². The number of carboxylic acids is 1. The van der Waals surface area contributed by atoms with E-state index in [1.54, 1.807) is 19.2 Å². The van der Waals surface area contributed by atoms with E-state index in [1.807, 2.05) is 0 Å². The molecule has 2 aromatic rings. The van der Waals surface area contributed by atoms with Crippen LogP contribution in [0.4, 0.5) is 4.39 Å². The molecule has 0 amide bonds. The number of carbonyl (C=O) groups is 1. The third-order valence-electron chi connectivity index (χ3n) is 3.37. The van der Waals surface area contributed by atoms with Crippen LogP contribution in [0.5, 0.6) is 0 Å². The molecule has 0 spiro atoms. The molecule has 0 fully saturated rings. The highest BCUT2D eigenvalue weighted by Crippen LogP contribution is 2.20. The van der Waals surface area contributed by atoms with Gasteiger partial charge in [0.05, 0.1) is 0 Å². The molecular weight excluding hydrogens is 313 g/mol. The van der Waals surface area contributed by atoms with E-state index >= 15 is 0 Å². The van der Waals surface area contributed by atoms with E-state index in [9.17, 15) is 9.18 Å². The van der Waals surface area contributed by atoms with E-state index in [2.05, 4.69) is 49.1 Å². The molecule has 2 rings (SSSR count). The highest BCUT2D eigenvalue weighted by Gasteiger charge is 2.10. The minimum absolute atomic E-state index is 0.191. The summed E-state index contributed by atoms with van der Waals surface area (Å²) in [5, 5.41) is 10.8. The van der Waals surface area contributed by atoms with Gasteiger partial charge in [0.2, 0.25) is 0 Å². The summed E-state index contributed by atoms with van der Waals surface area (Å²) in [5.74, 6) is -0.724. The lowest BCUT2D eigenvalue weighted by Gasteiger charge is -2.04. The number of nitrogens with one attached hydrogen (secondary N) is 1. The van der Waals surface area contributed by atoms with Gasteiger partial charge in [-0.1, -0.05) is 43.3 Å². The maximum absolute atomic E-state index is 12.7. The summed E-state index contributed by atoms with van der Waals surface area (Å²) in [6.07, 6.45) is 1.05. The molecule has 0 bridgehead atoms. The summed E-state index contributed by atoms with van der Waals surface area (Å²) in [5.41, 5.74) is 3.51. The Morgan fingerprint density at radius 2 is 1.61 bits per heavy atom. The first-order chi connectivity index (χ1) is 11.0. The normalized spacial score (nSPS) is 11.3. The van der Waals surface area contributed by atoms with Crippen LogP contribution in [0.25, 0.3) is 11.1 Å². The zero-order valence-corrected chi connectivity index (χ0v) is 14.2. The molecule has 0 heterocycles. The summed E-state index contributed by atoms with van der Waals surface area (Å²) >= 11 is 3.79. The number of aliphatic carboxylic acids is 1. The zero-order valence-electron chi connectivity index (χ0n) is 13.3. The number of rotatable bonds is 5. The van der Waals surface area contributed by atoms with E-state index in [1.165, 1.54) is 17.7 Å². The van der Waals surface area contributed by atoms with Crippen LogP contribution in [-0.4, -0.2) is 29.9 Å². The van der Waals surface area contributed by atoms with E-state index in [0.717, 1.165) is 17.5 Å². The van der Waals surface area contributed by atoms with Gasteiger partial charge < -0.3 is 10.4 Å². The van der Waals surface area contributed by atoms with E-state index in [4.69, 9.17) is 5.11 Å². The van der Waals surface area contributed by atoms with Crippen molar-refractivity contribution in [3.63, 3.8) is 0 Å². The van der Waals surface area contributed by atoms with Gasteiger partial charge in [-0.2, -0.15) is 12.6 Å². The molecule has 0 aliphatic heterocycles. The fourth-order valence-corrected chi connectivity index (χ4v) is 2.21. The summed E-state index contributed by atoms with van der Waals surface area (Å²) in [6, 6.07) is 14.4. The monoisotopic (exact) mass is 335 g/mol. The molecule has 23 heavy (non-hydrogen) atoms. The zero-order chi connectivity index (χ0) is 17.2. The highest BCUT2D eigenvalue weighted by atomic mass is 32.1. The van der Waals surface area contributed by atoms with Crippen LogP contribution in [0.2, 0.25) is 0 Å². The molecule has 0 saturated carbocycles. The standard InChI is InChI=1S/C14H13F.C4H9NO2S/c1-2-11-3-5-12(6-4-11)13-7-9-14(15)10-8-13;1-5-3(2-8)4(6)7/h3-10H,2H2,1H3;3,5,8H,2H2,1H3,(H,6,7)/t;3-/m.0/s1. The second-order valence-electron chi connectivity index (χ2n) is 4.92. The second kappa shape index (κ2) is 10.0. The highest BCUT2D eigenvalue weighted by molar-refractivity contribution is 7.80. The lowest BCUT2D eigenvalue weighted by Crippen LogP contribution is -2.35. The molecular formula is C18H22FNO2S. The Kier molecular flexibility index (Phi) is 8.37. The van der Waals surface area contributed by atoms with Gasteiger partial charge >= 0.3 is 5.97 Å². The third kappa shape index (κ3) is 6.42. The topological polar surface area (TPSA) is 49.3 Å². The molecule has 0 saturated heterocycles. The SMILES string of the molecule is CCc1ccc(-c2ccc(F)cc2)cc1.CN[C@@H](CS)C(=O)O. The van der Waals surface area contributed by atoms with Gasteiger partial charge in [-0.05, 0) is 42.3 Å². The first-order valence-corrected chi connectivity index (χ1v) is 8.00. The Balaban J connectivity index is 0.000000284. The van der Waals surface area contributed by atoms with Crippen molar-refractivity contribution in [2.75, 3.05) is 12.8 Å². The van der Waals surface area contributed by atoms with Crippen LogP contribution in [-0.2, 0) is 11.2 Å². The number of carboxylic acid groups (broad SMARTS) is 1.